The van der Waals surface area contributed by atoms with Gasteiger partial charge in [-0.3, -0.25) is 9.59 Å². The maximum Gasteiger partial charge on any atom is 0.296 e. The minimum Gasteiger partial charge on any atom is -0.507 e. The molecule has 0 radical (unpaired) electrons. The number of carbonyl (C=O) groups is 2. The van der Waals surface area contributed by atoms with Crippen LogP contribution in [0.4, 0.5) is 0 Å². The molecule has 1 unspecified atom stereocenters. The van der Waals surface area contributed by atoms with E-state index in [1.54, 1.807) is 66.7 Å². The highest BCUT2D eigenvalue weighted by Gasteiger charge is 2.46. The molecule has 0 aliphatic carbocycles. The van der Waals surface area contributed by atoms with E-state index in [1.165, 1.54) is 11.2 Å². The summed E-state index contributed by atoms with van der Waals surface area (Å²) >= 11 is 5.95. The van der Waals surface area contributed by atoms with Crippen molar-refractivity contribution in [3.63, 3.8) is 0 Å². The third-order valence-corrected chi connectivity index (χ3v) is 5.38. The summed E-state index contributed by atoms with van der Waals surface area (Å²) < 4.78 is 10.9. The number of hydrogen-bond acceptors (Lipinski definition) is 5. The van der Waals surface area contributed by atoms with Crippen molar-refractivity contribution in [2.45, 2.75) is 12.6 Å². The Hall–Kier alpha value is -3.77. The van der Waals surface area contributed by atoms with E-state index >= 15 is 0 Å². The van der Waals surface area contributed by atoms with Gasteiger partial charge in [0.25, 0.3) is 11.7 Å². The number of nitrogens with zero attached hydrogens (tertiary/aromatic N) is 1. The first-order chi connectivity index (χ1) is 15.5. The van der Waals surface area contributed by atoms with Crippen LogP contribution in [0.2, 0.25) is 5.02 Å². The standard InChI is InChI=1S/C25H20ClNO5/c1-2-13-31-19-11-7-16(8-12-19)22-21(23(28)17-5-9-18(26)10-6-17)24(29)25(30)27(22)15-20-4-3-14-32-20/h2-12,14,22,28H,1,13,15H2. The van der Waals surface area contributed by atoms with Gasteiger partial charge in [-0.2, -0.15) is 0 Å². The summed E-state index contributed by atoms with van der Waals surface area (Å²) in [6, 6.07) is 16.1. The van der Waals surface area contributed by atoms with Gasteiger partial charge in [0.05, 0.1) is 24.4 Å². The number of carbonyl (C=O) groups excluding carboxylic acids is 2. The number of rotatable bonds is 7. The average Bonchev–Trinajstić information content (AvgIpc) is 3.40. The molecule has 1 N–H and O–H groups in total. The summed E-state index contributed by atoms with van der Waals surface area (Å²) in [4.78, 5) is 27.4. The number of furan rings is 1. The fourth-order valence-electron chi connectivity index (χ4n) is 3.62. The van der Waals surface area contributed by atoms with Gasteiger partial charge < -0.3 is 19.2 Å². The number of amides is 1. The van der Waals surface area contributed by atoms with E-state index in [-0.39, 0.29) is 17.9 Å². The van der Waals surface area contributed by atoms with Crippen molar-refractivity contribution >= 4 is 29.1 Å². The summed E-state index contributed by atoms with van der Waals surface area (Å²) in [7, 11) is 0. The van der Waals surface area contributed by atoms with E-state index in [0.29, 0.717) is 34.3 Å². The molecule has 4 rings (SSSR count). The van der Waals surface area contributed by atoms with Crippen LogP contribution < -0.4 is 4.74 Å². The Labute approximate surface area is 190 Å². The van der Waals surface area contributed by atoms with Crippen LogP contribution >= 0.6 is 11.6 Å². The minimum absolute atomic E-state index is 0.00337. The van der Waals surface area contributed by atoms with Crippen LogP contribution in [-0.4, -0.2) is 28.3 Å². The van der Waals surface area contributed by atoms with E-state index in [9.17, 15) is 14.7 Å². The van der Waals surface area contributed by atoms with Crippen LogP contribution in [0.15, 0.2) is 89.6 Å². The first-order valence-corrected chi connectivity index (χ1v) is 10.3. The van der Waals surface area contributed by atoms with Crippen LogP contribution in [0.25, 0.3) is 5.76 Å². The zero-order valence-corrected chi connectivity index (χ0v) is 17.8. The minimum atomic E-state index is -0.802. The highest BCUT2D eigenvalue weighted by atomic mass is 35.5. The second-order valence-corrected chi connectivity index (χ2v) is 7.62. The molecule has 0 spiro atoms. The smallest absolute Gasteiger partial charge is 0.296 e. The summed E-state index contributed by atoms with van der Waals surface area (Å²) in [5, 5.41) is 11.5. The number of Topliss-reactive ketones (excluding diaryl/α,β-unsaturated/α-hetero) is 1. The van der Waals surface area contributed by atoms with Gasteiger partial charge in [-0.25, -0.2) is 0 Å². The Morgan fingerprint density at radius 3 is 2.47 bits per heavy atom. The van der Waals surface area contributed by atoms with Crippen molar-refractivity contribution in [1.29, 1.82) is 0 Å². The quantitative estimate of drug-likeness (QED) is 0.234. The molecular weight excluding hydrogens is 430 g/mol. The van der Waals surface area contributed by atoms with Gasteiger partial charge in [0, 0.05) is 10.6 Å². The highest BCUT2D eigenvalue weighted by molar-refractivity contribution is 6.46. The van der Waals surface area contributed by atoms with Crippen molar-refractivity contribution in [1.82, 2.24) is 4.90 Å². The normalized spacial score (nSPS) is 17.5. The second kappa shape index (κ2) is 9.16. The number of ether oxygens (including phenoxy) is 1. The van der Waals surface area contributed by atoms with Gasteiger partial charge in [0.2, 0.25) is 0 Å². The molecule has 1 aliphatic rings. The largest absolute Gasteiger partial charge is 0.507 e. The number of likely N-dealkylation sites (tertiary alicyclic amines) is 1. The van der Waals surface area contributed by atoms with Crippen LogP contribution in [0, 0.1) is 0 Å². The highest BCUT2D eigenvalue weighted by Crippen LogP contribution is 2.40. The number of ketones is 1. The van der Waals surface area contributed by atoms with Crippen LogP contribution in [-0.2, 0) is 16.1 Å². The molecule has 7 heteroatoms. The molecule has 6 nitrogen and oxygen atoms in total. The molecule has 0 saturated carbocycles. The molecule has 3 aromatic rings. The van der Waals surface area contributed by atoms with Gasteiger partial charge in [-0.05, 0) is 54.1 Å². The molecule has 1 aliphatic heterocycles. The van der Waals surface area contributed by atoms with Crippen molar-refractivity contribution in [3.8, 4) is 5.75 Å². The van der Waals surface area contributed by atoms with Gasteiger partial charge in [-0.1, -0.05) is 36.4 Å². The zero-order chi connectivity index (χ0) is 22.7. The van der Waals surface area contributed by atoms with Gasteiger partial charge in [0.1, 0.15) is 23.9 Å². The Bertz CT molecular complexity index is 1160. The van der Waals surface area contributed by atoms with E-state index in [1.807, 2.05) is 0 Å². The average molecular weight is 450 g/mol. The first-order valence-electron chi connectivity index (χ1n) is 9.90. The van der Waals surface area contributed by atoms with Crippen LogP contribution in [0.1, 0.15) is 22.9 Å². The maximum absolute atomic E-state index is 13.0. The number of halogens is 1. The van der Waals surface area contributed by atoms with Crippen molar-refractivity contribution in [3.05, 3.63) is 107 Å². The Kier molecular flexibility index (Phi) is 6.14. The molecule has 1 saturated heterocycles. The molecule has 32 heavy (non-hydrogen) atoms. The molecule has 1 aromatic heterocycles. The lowest BCUT2D eigenvalue weighted by Crippen LogP contribution is -2.29. The summed E-state index contributed by atoms with van der Waals surface area (Å²) in [5.41, 5.74) is 1.04. The molecule has 2 heterocycles. The maximum atomic E-state index is 13.0. The number of aliphatic hydroxyl groups is 1. The van der Waals surface area contributed by atoms with Crippen molar-refractivity contribution < 1.29 is 23.8 Å². The third-order valence-electron chi connectivity index (χ3n) is 5.13. The fourth-order valence-corrected chi connectivity index (χ4v) is 3.75. The predicted molar refractivity (Wildman–Crippen MR) is 120 cm³/mol. The zero-order valence-electron chi connectivity index (χ0n) is 17.0. The lowest BCUT2D eigenvalue weighted by molar-refractivity contribution is -0.140. The number of hydrogen-bond donors (Lipinski definition) is 1. The summed E-state index contributed by atoms with van der Waals surface area (Å²) in [6.07, 6.45) is 3.14. The summed E-state index contributed by atoms with van der Waals surface area (Å²) in [6.45, 7) is 4.06. The fraction of sp³-hybridized carbons (Fsp3) is 0.120. The Morgan fingerprint density at radius 1 is 1.12 bits per heavy atom. The number of benzene rings is 2. The second-order valence-electron chi connectivity index (χ2n) is 7.18. The third kappa shape index (κ3) is 4.18. The van der Waals surface area contributed by atoms with Crippen molar-refractivity contribution in [2.75, 3.05) is 6.61 Å². The molecular formula is C25H20ClNO5. The molecule has 1 fully saturated rings. The monoisotopic (exact) mass is 449 g/mol. The number of aliphatic hydroxyl groups excluding tert-OH is 1. The van der Waals surface area contributed by atoms with Gasteiger partial charge in [-0.15, -0.1) is 0 Å². The van der Waals surface area contributed by atoms with Gasteiger partial charge >= 0.3 is 0 Å². The SMILES string of the molecule is C=CCOc1ccc(C2C(=C(O)c3ccc(Cl)cc3)C(=O)C(=O)N2Cc2ccco2)cc1. The molecule has 1 amide bonds. The molecule has 0 bridgehead atoms. The van der Waals surface area contributed by atoms with Gasteiger partial charge in [0.15, 0.2) is 0 Å². The van der Waals surface area contributed by atoms with E-state index in [0.717, 1.165) is 0 Å². The molecule has 1 atom stereocenters. The predicted octanol–water partition coefficient (Wildman–Crippen LogP) is 5.12. The lowest BCUT2D eigenvalue weighted by Gasteiger charge is -2.24. The summed E-state index contributed by atoms with van der Waals surface area (Å²) in [5.74, 6) is -0.600. The Morgan fingerprint density at radius 2 is 1.84 bits per heavy atom. The Balaban J connectivity index is 1.80. The first kappa shape index (κ1) is 21.5. The topological polar surface area (TPSA) is 80.0 Å². The van der Waals surface area contributed by atoms with Crippen LogP contribution in [0.3, 0.4) is 0 Å². The van der Waals surface area contributed by atoms with Crippen LogP contribution in [0.5, 0.6) is 5.75 Å². The lowest BCUT2D eigenvalue weighted by atomic mass is 9.95. The van der Waals surface area contributed by atoms with Crippen molar-refractivity contribution in [2.24, 2.45) is 0 Å². The van der Waals surface area contributed by atoms with E-state index < -0.39 is 17.7 Å². The van der Waals surface area contributed by atoms with E-state index in [2.05, 4.69) is 6.58 Å². The molecule has 162 valence electrons. The van der Waals surface area contributed by atoms with E-state index in [4.69, 9.17) is 20.8 Å². The molecule has 2 aromatic carbocycles.